The zero-order valence-electron chi connectivity index (χ0n) is 11.9. The fourth-order valence-corrected chi connectivity index (χ4v) is 3.20. The van der Waals surface area contributed by atoms with Gasteiger partial charge in [-0.2, -0.15) is 0 Å². The molecule has 2 rings (SSSR count). The second-order valence-electron chi connectivity index (χ2n) is 5.96. The molecule has 18 heavy (non-hydrogen) atoms. The summed E-state index contributed by atoms with van der Waals surface area (Å²) >= 11 is 0. The van der Waals surface area contributed by atoms with Crippen LogP contribution in [0.2, 0.25) is 0 Å². The summed E-state index contributed by atoms with van der Waals surface area (Å²) in [5, 5.41) is 2.89. The summed E-state index contributed by atoms with van der Waals surface area (Å²) in [6, 6.07) is -0.336. The van der Waals surface area contributed by atoms with E-state index < -0.39 is 5.54 Å². The Kier molecular flexibility index (Phi) is 3.16. The van der Waals surface area contributed by atoms with Gasteiger partial charge in [-0.3, -0.25) is 9.59 Å². The lowest BCUT2D eigenvalue weighted by atomic mass is 9.71. The van der Waals surface area contributed by atoms with Gasteiger partial charge in [0.25, 0.3) is 0 Å². The van der Waals surface area contributed by atoms with Gasteiger partial charge in [0.15, 0.2) is 0 Å². The smallest absolute Gasteiger partial charge is 0.249 e. The Morgan fingerprint density at radius 2 is 1.89 bits per heavy atom. The SMILES string of the molecule is CCC1(C)NC(=O)C(C)N(C2(CC)CCC2)C1=O. The molecule has 2 aliphatic rings. The van der Waals surface area contributed by atoms with Crippen molar-refractivity contribution in [1.82, 2.24) is 10.2 Å². The van der Waals surface area contributed by atoms with Crippen molar-refractivity contribution in [2.24, 2.45) is 0 Å². The molecule has 4 heteroatoms. The Morgan fingerprint density at radius 1 is 1.28 bits per heavy atom. The molecule has 2 atom stereocenters. The number of nitrogens with zero attached hydrogens (tertiary/aromatic N) is 1. The van der Waals surface area contributed by atoms with Crippen molar-refractivity contribution in [2.45, 2.75) is 76.9 Å². The molecule has 0 bridgehead atoms. The van der Waals surface area contributed by atoms with Gasteiger partial charge in [0.05, 0.1) is 0 Å². The number of hydrogen-bond acceptors (Lipinski definition) is 2. The number of carbonyl (C=O) groups is 2. The van der Waals surface area contributed by atoms with E-state index in [9.17, 15) is 9.59 Å². The molecule has 1 aliphatic heterocycles. The molecule has 0 aromatic carbocycles. The average Bonchev–Trinajstić information content (AvgIpc) is 2.30. The van der Waals surface area contributed by atoms with E-state index in [-0.39, 0.29) is 23.4 Å². The minimum absolute atomic E-state index is 0.0151. The van der Waals surface area contributed by atoms with Gasteiger partial charge in [0.1, 0.15) is 11.6 Å². The zero-order valence-corrected chi connectivity index (χ0v) is 11.9. The summed E-state index contributed by atoms with van der Waals surface area (Å²) in [5.41, 5.74) is -0.786. The van der Waals surface area contributed by atoms with Crippen molar-refractivity contribution >= 4 is 11.8 Å². The topological polar surface area (TPSA) is 49.4 Å². The quantitative estimate of drug-likeness (QED) is 0.833. The number of amides is 2. The van der Waals surface area contributed by atoms with E-state index in [1.54, 1.807) is 0 Å². The van der Waals surface area contributed by atoms with Crippen molar-refractivity contribution in [2.75, 3.05) is 0 Å². The molecule has 2 fully saturated rings. The summed E-state index contributed by atoms with van der Waals surface area (Å²) in [6.45, 7) is 7.76. The van der Waals surface area contributed by atoms with Crippen LogP contribution < -0.4 is 5.32 Å². The van der Waals surface area contributed by atoms with Crippen molar-refractivity contribution in [1.29, 1.82) is 0 Å². The highest BCUT2D eigenvalue weighted by molar-refractivity contribution is 5.99. The van der Waals surface area contributed by atoms with Crippen LogP contribution in [0.25, 0.3) is 0 Å². The molecule has 2 unspecified atom stereocenters. The normalized spacial score (nSPS) is 35.1. The Bertz CT molecular complexity index is 370. The lowest BCUT2D eigenvalue weighted by Gasteiger charge is -2.56. The first-order valence-electron chi connectivity index (χ1n) is 7.06. The van der Waals surface area contributed by atoms with E-state index in [1.165, 1.54) is 0 Å². The monoisotopic (exact) mass is 252 g/mol. The molecule has 4 nitrogen and oxygen atoms in total. The number of piperazine rings is 1. The number of carbonyl (C=O) groups excluding carboxylic acids is 2. The summed E-state index contributed by atoms with van der Waals surface area (Å²) in [5.74, 6) is 0.0809. The van der Waals surface area contributed by atoms with Crippen molar-refractivity contribution < 1.29 is 9.59 Å². The van der Waals surface area contributed by atoms with Crippen molar-refractivity contribution in [3.63, 3.8) is 0 Å². The van der Waals surface area contributed by atoms with Crippen LogP contribution >= 0.6 is 0 Å². The maximum Gasteiger partial charge on any atom is 0.249 e. The van der Waals surface area contributed by atoms with Crippen LogP contribution in [0.3, 0.4) is 0 Å². The first-order valence-corrected chi connectivity index (χ1v) is 7.06. The van der Waals surface area contributed by atoms with E-state index in [4.69, 9.17) is 0 Å². The predicted octanol–water partition coefficient (Wildman–Crippen LogP) is 1.83. The first kappa shape index (κ1) is 13.4. The van der Waals surface area contributed by atoms with E-state index in [2.05, 4.69) is 12.2 Å². The number of nitrogens with one attached hydrogen (secondary N) is 1. The Labute approximate surface area is 109 Å². The molecule has 0 aromatic heterocycles. The summed E-state index contributed by atoms with van der Waals surface area (Å²) < 4.78 is 0. The molecule has 1 saturated carbocycles. The average molecular weight is 252 g/mol. The molecule has 102 valence electrons. The Morgan fingerprint density at radius 3 is 2.28 bits per heavy atom. The maximum atomic E-state index is 12.7. The van der Waals surface area contributed by atoms with Crippen LogP contribution in [0.5, 0.6) is 0 Å². The van der Waals surface area contributed by atoms with E-state index in [0.717, 1.165) is 25.7 Å². The third-order valence-corrected chi connectivity index (χ3v) is 5.02. The van der Waals surface area contributed by atoms with Crippen LogP contribution in [-0.4, -0.2) is 33.8 Å². The lowest BCUT2D eigenvalue weighted by molar-refractivity contribution is -0.166. The lowest BCUT2D eigenvalue weighted by Crippen LogP contribution is -2.74. The molecular weight excluding hydrogens is 228 g/mol. The van der Waals surface area contributed by atoms with Crippen LogP contribution in [0.4, 0.5) is 0 Å². The van der Waals surface area contributed by atoms with Crippen LogP contribution in [0.1, 0.15) is 59.8 Å². The molecule has 1 heterocycles. The molecule has 1 aliphatic carbocycles. The maximum absolute atomic E-state index is 12.7. The number of hydrogen-bond donors (Lipinski definition) is 1. The van der Waals surface area contributed by atoms with Crippen molar-refractivity contribution in [3.05, 3.63) is 0 Å². The molecule has 0 radical (unpaired) electrons. The van der Waals surface area contributed by atoms with Gasteiger partial charge in [0, 0.05) is 5.54 Å². The van der Waals surface area contributed by atoms with Gasteiger partial charge in [-0.1, -0.05) is 13.8 Å². The van der Waals surface area contributed by atoms with Gasteiger partial charge in [0.2, 0.25) is 11.8 Å². The fraction of sp³-hybridized carbons (Fsp3) is 0.857. The van der Waals surface area contributed by atoms with Crippen LogP contribution in [0, 0.1) is 0 Å². The third-order valence-electron chi connectivity index (χ3n) is 5.02. The third kappa shape index (κ3) is 1.65. The van der Waals surface area contributed by atoms with Gasteiger partial charge < -0.3 is 10.2 Å². The van der Waals surface area contributed by atoms with E-state index in [1.807, 2.05) is 25.7 Å². The Balaban J connectivity index is 2.37. The summed E-state index contributed by atoms with van der Waals surface area (Å²) in [4.78, 5) is 26.8. The molecular formula is C14H24N2O2. The molecule has 1 saturated heterocycles. The van der Waals surface area contributed by atoms with E-state index in [0.29, 0.717) is 6.42 Å². The largest absolute Gasteiger partial charge is 0.340 e. The summed E-state index contributed by atoms with van der Waals surface area (Å²) in [7, 11) is 0. The van der Waals surface area contributed by atoms with Crippen molar-refractivity contribution in [3.8, 4) is 0 Å². The zero-order chi connectivity index (χ0) is 13.6. The minimum atomic E-state index is -0.721. The Hall–Kier alpha value is -1.06. The fourth-order valence-electron chi connectivity index (χ4n) is 3.20. The highest BCUT2D eigenvalue weighted by atomic mass is 16.2. The molecule has 2 amide bonds. The molecule has 0 aromatic rings. The molecule has 0 spiro atoms. The van der Waals surface area contributed by atoms with Gasteiger partial charge in [-0.15, -0.1) is 0 Å². The van der Waals surface area contributed by atoms with Crippen LogP contribution in [-0.2, 0) is 9.59 Å². The van der Waals surface area contributed by atoms with Gasteiger partial charge in [-0.05, 0) is 46.0 Å². The second-order valence-corrected chi connectivity index (χ2v) is 5.96. The predicted molar refractivity (Wildman–Crippen MR) is 70.0 cm³/mol. The second kappa shape index (κ2) is 4.25. The highest BCUT2D eigenvalue weighted by Gasteiger charge is 2.54. The van der Waals surface area contributed by atoms with Crippen LogP contribution in [0.15, 0.2) is 0 Å². The minimum Gasteiger partial charge on any atom is -0.340 e. The van der Waals surface area contributed by atoms with Gasteiger partial charge in [-0.25, -0.2) is 0 Å². The summed E-state index contributed by atoms with van der Waals surface area (Å²) in [6.07, 6.45) is 4.81. The molecule has 1 N–H and O–H groups in total. The van der Waals surface area contributed by atoms with E-state index >= 15 is 0 Å². The van der Waals surface area contributed by atoms with Gasteiger partial charge >= 0.3 is 0 Å². The first-order chi connectivity index (χ1) is 8.40. The standard InChI is InChI=1S/C14H24N2O2/c1-5-13(4)12(18)16(10(3)11(17)15-13)14(6-2)8-7-9-14/h10H,5-9H2,1-4H3,(H,15,17). The number of rotatable bonds is 3. The highest BCUT2D eigenvalue weighted by Crippen LogP contribution is 2.43.